The predicted molar refractivity (Wildman–Crippen MR) is 42.4 cm³/mol. The molecule has 0 spiro atoms. The maximum Gasteiger partial charge on any atom is 0.118 e. The molecule has 0 amide bonds. The third kappa shape index (κ3) is 1.50. The molecular weight excluding hydrogens is 143 g/mol. The van der Waals surface area contributed by atoms with Gasteiger partial charge in [0.25, 0.3) is 0 Å². The summed E-state index contributed by atoms with van der Waals surface area (Å²) in [5.74, 6) is 0.236. The summed E-state index contributed by atoms with van der Waals surface area (Å²) in [7, 11) is 0. The molecular formula is C9H11FO. The molecule has 0 saturated carbocycles. The normalized spacial score (nSPS) is 10.1. The van der Waals surface area contributed by atoms with E-state index in [0.717, 1.165) is 11.1 Å². The van der Waals surface area contributed by atoms with Crippen LogP contribution in [0.4, 0.5) is 4.39 Å². The van der Waals surface area contributed by atoms with E-state index in [1.165, 1.54) is 0 Å². The summed E-state index contributed by atoms with van der Waals surface area (Å²) < 4.78 is 12.2. The van der Waals surface area contributed by atoms with Crippen molar-refractivity contribution >= 4 is 0 Å². The van der Waals surface area contributed by atoms with Crippen LogP contribution in [0.2, 0.25) is 0 Å². The molecule has 11 heavy (non-hydrogen) atoms. The number of aryl methyl sites for hydroxylation is 2. The van der Waals surface area contributed by atoms with Crippen molar-refractivity contribution in [2.45, 2.75) is 20.5 Å². The minimum atomic E-state index is -0.465. The van der Waals surface area contributed by atoms with Gasteiger partial charge in [0.2, 0.25) is 0 Å². The molecule has 0 fully saturated rings. The van der Waals surface area contributed by atoms with Crippen LogP contribution in [-0.4, -0.2) is 5.11 Å². The van der Waals surface area contributed by atoms with Crippen molar-refractivity contribution in [3.05, 3.63) is 28.8 Å². The van der Waals surface area contributed by atoms with Gasteiger partial charge in [-0.3, -0.25) is 0 Å². The lowest BCUT2D eigenvalue weighted by Gasteiger charge is -2.04. The highest BCUT2D eigenvalue weighted by Crippen LogP contribution is 2.21. The Labute approximate surface area is 65.5 Å². The summed E-state index contributed by atoms with van der Waals surface area (Å²) in [5.41, 5.74) is 2.18. The highest BCUT2D eigenvalue weighted by molar-refractivity contribution is 5.40. The third-order valence-corrected chi connectivity index (χ3v) is 1.80. The molecule has 0 atom stereocenters. The number of phenols is 1. The lowest BCUT2D eigenvalue weighted by atomic mass is 10.1. The number of hydrogen-bond acceptors (Lipinski definition) is 1. The molecule has 0 saturated heterocycles. The Bertz CT molecular complexity index is 269. The van der Waals surface area contributed by atoms with E-state index in [9.17, 15) is 9.50 Å². The van der Waals surface area contributed by atoms with Crippen molar-refractivity contribution in [1.82, 2.24) is 0 Å². The van der Waals surface area contributed by atoms with Crippen molar-refractivity contribution in [1.29, 1.82) is 0 Å². The van der Waals surface area contributed by atoms with E-state index in [1.807, 2.05) is 0 Å². The van der Waals surface area contributed by atoms with Crippen LogP contribution in [0.5, 0.6) is 5.75 Å². The molecule has 0 aromatic heterocycles. The number of rotatable bonds is 1. The Morgan fingerprint density at radius 3 is 2.45 bits per heavy atom. The van der Waals surface area contributed by atoms with Gasteiger partial charge in [0.1, 0.15) is 12.4 Å². The zero-order valence-electron chi connectivity index (χ0n) is 6.69. The van der Waals surface area contributed by atoms with Crippen LogP contribution >= 0.6 is 0 Å². The molecule has 0 radical (unpaired) electrons. The first-order valence-electron chi connectivity index (χ1n) is 3.50. The van der Waals surface area contributed by atoms with Gasteiger partial charge in [0, 0.05) is 0 Å². The summed E-state index contributed by atoms with van der Waals surface area (Å²) in [4.78, 5) is 0. The molecule has 0 bridgehead atoms. The van der Waals surface area contributed by atoms with Gasteiger partial charge in [-0.25, -0.2) is 4.39 Å². The molecule has 1 rings (SSSR count). The maximum absolute atomic E-state index is 12.2. The summed E-state index contributed by atoms with van der Waals surface area (Å²) in [6.45, 7) is 3.08. The van der Waals surface area contributed by atoms with Gasteiger partial charge in [-0.15, -0.1) is 0 Å². The largest absolute Gasteiger partial charge is 0.508 e. The topological polar surface area (TPSA) is 20.2 Å². The Hall–Kier alpha value is -1.05. The minimum absolute atomic E-state index is 0.236. The van der Waals surface area contributed by atoms with E-state index in [1.54, 1.807) is 26.0 Å². The van der Waals surface area contributed by atoms with Crippen LogP contribution in [0.25, 0.3) is 0 Å². The number of phenolic OH excluding ortho intramolecular Hbond substituents is 1. The van der Waals surface area contributed by atoms with E-state index in [4.69, 9.17) is 0 Å². The van der Waals surface area contributed by atoms with Crippen molar-refractivity contribution < 1.29 is 9.50 Å². The first-order valence-corrected chi connectivity index (χ1v) is 3.50. The highest BCUT2D eigenvalue weighted by Gasteiger charge is 2.01. The highest BCUT2D eigenvalue weighted by atomic mass is 19.1. The molecule has 1 aromatic carbocycles. The van der Waals surface area contributed by atoms with E-state index >= 15 is 0 Å². The maximum atomic E-state index is 12.2. The van der Waals surface area contributed by atoms with Crippen molar-refractivity contribution in [3.63, 3.8) is 0 Å². The van der Waals surface area contributed by atoms with Crippen LogP contribution in [0, 0.1) is 13.8 Å². The van der Waals surface area contributed by atoms with Crippen LogP contribution in [0.15, 0.2) is 12.1 Å². The third-order valence-electron chi connectivity index (χ3n) is 1.80. The fourth-order valence-corrected chi connectivity index (χ4v) is 1.00. The molecule has 60 valence electrons. The monoisotopic (exact) mass is 154 g/mol. The van der Waals surface area contributed by atoms with E-state index < -0.39 is 6.67 Å². The smallest absolute Gasteiger partial charge is 0.118 e. The van der Waals surface area contributed by atoms with Crippen LogP contribution in [0.1, 0.15) is 16.7 Å². The standard InChI is InChI=1S/C9H11FO/c1-6-4-9(11)7(2)3-8(6)5-10/h3-4,11H,5H2,1-2H3. The Morgan fingerprint density at radius 2 is 1.91 bits per heavy atom. The lowest BCUT2D eigenvalue weighted by Crippen LogP contribution is -1.86. The molecule has 2 heteroatoms. The fourth-order valence-electron chi connectivity index (χ4n) is 1.00. The second-order valence-corrected chi connectivity index (χ2v) is 2.70. The summed E-state index contributed by atoms with van der Waals surface area (Å²) in [5, 5.41) is 9.20. The summed E-state index contributed by atoms with van der Waals surface area (Å²) in [6, 6.07) is 3.26. The molecule has 0 aliphatic heterocycles. The molecule has 0 heterocycles. The van der Waals surface area contributed by atoms with Gasteiger partial charge in [0.05, 0.1) is 0 Å². The zero-order chi connectivity index (χ0) is 8.43. The van der Waals surface area contributed by atoms with Gasteiger partial charge in [-0.1, -0.05) is 0 Å². The van der Waals surface area contributed by atoms with Crippen LogP contribution in [-0.2, 0) is 6.67 Å². The summed E-state index contributed by atoms with van der Waals surface area (Å²) >= 11 is 0. The van der Waals surface area contributed by atoms with E-state index in [-0.39, 0.29) is 5.75 Å². The number of halogens is 1. The summed E-state index contributed by atoms with van der Waals surface area (Å²) in [6.07, 6.45) is 0. The Morgan fingerprint density at radius 1 is 1.27 bits per heavy atom. The van der Waals surface area contributed by atoms with E-state index in [0.29, 0.717) is 5.56 Å². The second kappa shape index (κ2) is 2.91. The Kier molecular flexibility index (Phi) is 2.13. The molecule has 0 aliphatic rings. The SMILES string of the molecule is Cc1cc(CF)c(C)cc1O. The van der Waals surface area contributed by atoms with Crippen LogP contribution < -0.4 is 0 Å². The van der Waals surface area contributed by atoms with Gasteiger partial charge in [-0.05, 0) is 42.7 Å². The fraction of sp³-hybridized carbons (Fsp3) is 0.333. The van der Waals surface area contributed by atoms with Crippen LogP contribution in [0.3, 0.4) is 0 Å². The number of hydrogen-bond donors (Lipinski definition) is 1. The number of benzene rings is 1. The van der Waals surface area contributed by atoms with Gasteiger partial charge in [-0.2, -0.15) is 0 Å². The Balaban J connectivity index is 3.21. The zero-order valence-corrected chi connectivity index (χ0v) is 6.69. The lowest BCUT2D eigenvalue weighted by molar-refractivity contribution is 0.464. The average Bonchev–Trinajstić information content (AvgIpc) is 1.97. The first kappa shape index (κ1) is 8.05. The number of aromatic hydroxyl groups is 1. The van der Waals surface area contributed by atoms with Gasteiger partial charge < -0.3 is 5.11 Å². The predicted octanol–water partition coefficient (Wildman–Crippen LogP) is 2.48. The first-order chi connectivity index (χ1) is 5.15. The van der Waals surface area contributed by atoms with Crippen molar-refractivity contribution in [3.8, 4) is 5.75 Å². The quantitative estimate of drug-likeness (QED) is 0.658. The minimum Gasteiger partial charge on any atom is -0.508 e. The van der Waals surface area contributed by atoms with Crippen molar-refractivity contribution in [2.24, 2.45) is 0 Å². The molecule has 1 N–H and O–H groups in total. The molecule has 1 aromatic rings. The average molecular weight is 154 g/mol. The van der Waals surface area contributed by atoms with Crippen molar-refractivity contribution in [2.75, 3.05) is 0 Å². The molecule has 0 unspecified atom stereocenters. The van der Waals surface area contributed by atoms with Gasteiger partial charge in [0.15, 0.2) is 0 Å². The van der Waals surface area contributed by atoms with Gasteiger partial charge >= 0.3 is 0 Å². The van der Waals surface area contributed by atoms with E-state index in [2.05, 4.69) is 0 Å². The number of alkyl halides is 1. The molecule has 0 aliphatic carbocycles. The second-order valence-electron chi connectivity index (χ2n) is 2.70. The molecule has 1 nitrogen and oxygen atoms in total.